The van der Waals surface area contributed by atoms with Gasteiger partial charge in [0, 0.05) is 11.4 Å². The molecular formula is C21H22N4O2S3. The highest BCUT2D eigenvalue weighted by Crippen LogP contribution is 2.26. The van der Waals surface area contributed by atoms with E-state index < -0.39 is 0 Å². The van der Waals surface area contributed by atoms with Gasteiger partial charge in [0.15, 0.2) is 4.34 Å². The number of aryl methyl sites for hydroxylation is 2. The van der Waals surface area contributed by atoms with Crippen molar-refractivity contribution in [1.29, 1.82) is 0 Å². The van der Waals surface area contributed by atoms with Gasteiger partial charge >= 0.3 is 0 Å². The van der Waals surface area contributed by atoms with Gasteiger partial charge in [0.05, 0.1) is 11.5 Å². The van der Waals surface area contributed by atoms with Crippen molar-refractivity contribution in [3.05, 3.63) is 65.2 Å². The maximum absolute atomic E-state index is 12.2. The zero-order chi connectivity index (χ0) is 21.3. The Balaban J connectivity index is 1.40. The van der Waals surface area contributed by atoms with Gasteiger partial charge in [0.2, 0.25) is 16.9 Å². The van der Waals surface area contributed by atoms with E-state index in [-0.39, 0.29) is 17.6 Å². The number of aromatic nitrogens is 2. The Labute approximate surface area is 188 Å². The third kappa shape index (κ3) is 7.16. The standard InChI is InChI=1S/C21H22N4O2S3/c1-14-8-9-15(2)17(10-14)22-19(27)13-29-21-25-24-20(30-21)23-18(26)12-28-11-16-6-4-3-5-7-16/h3-10H,11-13H2,1-2H3,(H,22,27)(H,23,24,26). The molecule has 0 saturated carbocycles. The first-order valence-electron chi connectivity index (χ1n) is 9.24. The van der Waals surface area contributed by atoms with E-state index in [1.165, 1.54) is 28.7 Å². The van der Waals surface area contributed by atoms with Crippen LogP contribution in [0.25, 0.3) is 0 Å². The lowest BCUT2D eigenvalue weighted by Gasteiger charge is -2.08. The molecule has 2 aromatic carbocycles. The molecule has 0 fully saturated rings. The van der Waals surface area contributed by atoms with Crippen molar-refractivity contribution in [3.63, 3.8) is 0 Å². The zero-order valence-electron chi connectivity index (χ0n) is 16.7. The van der Waals surface area contributed by atoms with Crippen LogP contribution in [0.2, 0.25) is 0 Å². The fourth-order valence-electron chi connectivity index (χ4n) is 2.49. The van der Waals surface area contributed by atoms with Crippen LogP contribution in [-0.4, -0.2) is 33.5 Å². The average molecular weight is 459 g/mol. The van der Waals surface area contributed by atoms with E-state index in [2.05, 4.69) is 20.8 Å². The quantitative estimate of drug-likeness (QED) is 0.355. The first-order chi connectivity index (χ1) is 14.5. The molecule has 3 aromatic rings. The second kappa shape index (κ2) is 11.1. The van der Waals surface area contributed by atoms with Crippen LogP contribution in [0.3, 0.4) is 0 Å². The molecule has 0 radical (unpaired) electrons. The van der Waals surface area contributed by atoms with Gasteiger partial charge in [-0.25, -0.2) is 0 Å². The molecule has 3 rings (SSSR count). The van der Waals surface area contributed by atoms with Crippen LogP contribution in [0.15, 0.2) is 52.9 Å². The molecule has 6 nitrogen and oxygen atoms in total. The molecule has 0 spiro atoms. The molecule has 156 valence electrons. The molecule has 0 bridgehead atoms. The van der Waals surface area contributed by atoms with Gasteiger partial charge in [-0.3, -0.25) is 14.9 Å². The molecular weight excluding hydrogens is 436 g/mol. The van der Waals surface area contributed by atoms with Crippen LogP contribution < -0.4 is 10.6 Å². The van der Waals surface area contributed by atoms with Crippen molar-refractivity contribution < 1.29 is 9.59 Å². The second-order valence-electron chi connectivity index (χ2n) is 6.55. The zero-order valence-corrected chi connectivity index (χ0v) is 19.1. The average Bonchev–Trinajstić information content (AvgIpc) is 3.17. The largest absolute Gasteiger partial charge is 0.325 e. The van der Waals surface area contributed by atoms with Gasteiger partial charge in [0.25, 0.3) is 0 Å². The van der Waals surface area contributed by atoms with Crippen molar-refractivity contribution in [3.8, 4) is 0 Å². The SMILES string of the molecule is Cc1ccc(C)c(NC(=O)CSc2nnc(NC(=O)CSCc3ccccc3)s2)c1. The number of thioether (sulfide) groups is 2. The summed E-state index contributed by atoms with van der Waals surface area (Å²) in [6.07, 6.45) is 0. The van der Waals surface area contributed by atoms with Crippen LogP contribution in [-0.2, 0) is 15.3 Å². The van der Waals surface area contributed by atoms with Crippen molar-refractivity contribution >= 4 is 57.5 Å². The molecule has 2 amide bonds. The van der Waals surface area contributed by atoms with E-state index >= 15 is 0 Å². The molecule has 1 heterocycles. The number of benzene rings is 2. The normalized spacial score (nSPS) is 10.6. The summed E-state index contributed by atoms with van der Waals surface area (Å²) in [6, 6.07) is 16.0. The van der Waals surface area contributed by atoms with E-state index in [4.69, 9.17) is 0 Å². The molecule has 0 aliphatic rings. The number of rotatable bonds is 9. The van der Waals surface area contributed by atoms with Crippen LogP contribution >= 0.6 is 34.9 Å². The van der Waals surface area contributed by atoms with Gasteiger partial charge in [-0.2, -0.15) is 0 Å². The maximum atomic E-state index is 12.2. The number of anilines is 2. The van der Waals surface area contributed by atoms with Gasteiger partial charge in [-0.1, -0.05) is 65.6 Å². The first kappa shape index (κ1) is 22.3. The van der Waals surface area contributed by atoms with Gasteiger partial charge in [0.1, 0.15) is 0 Å². The van der Waals surface area contributed by atoms with Gasteiger partial charge in [-0.15, -0.1) is 22.0 Å². The number of amides is 2. The minimum Gasteiger partial charge on any atom is -0.325 e. The number of nitrogens with zero attached hydrogens (tertiary/aromatic N) is 2. The topological polar surface area (TPSA) is 84.0 Å². The predicted molar refractivity (Wildman–Crippen MR) is 126 cm³/mol. The van der Waals surface area contributed by atoms with Gasteiger partial charge < -0.3 is 5.32 Å². The van der Waals surface area contributed by atoms with Crippen LogP contribution in [0.4, 0.5) is 10.8 Å². The van der Waals surface area contributed by atoms with Crippen molar-refractivity contribution in [1.82, 2.24) is 10.2 Å². The molecule has 0 aliphatic carbocycles. The number of nitrogens with one attached hydrogen (secondary N) is 2. The Morgan fingerprint density at radius 3 is 2.53 bits per heavy atom. The van der Waals surface area contributed by atoms with Crippen molar-refractivity contribution in [2.75, 3.05) is 22.1 Å². The molecule has 30 heavy (non-hydrogen) atoms. The molecule has 0 atom stereocenters. The molecule has 0 aliphatic heterocycles. The Hall–Kier alpha value is -2.36. The summed E-state index contributed by atoms with van der Waals surface area (Å²) < 4.78 is 0.637. The van der Waals surface area contributed by atoms with Gasteiger partial charge in [-0.05, 0) is 36.6 Å². The smallest absolute Gasteiger partial charge is 0.236 e. The highest BCUT2D eigenvalue weighted by molar-refractivity contribution is 8.01. The fraction of sp³-hybridized carbons (Fsp3) is 0.238. The highest BCUT2D eigenvalue weighted by Gasteiger charge is 2.11. The minimum atomic E-state index is -0.115. The monoisotopic (exact) mass is 458 g/mol. The molecule has 9 heteroatoms. The number of carbonyl (C=O) groups is 2. The summed E-state index contributed by atoms with van der Waals surface area (Å²) in [6.45, 7) is 3.95. The lowest BCUT2D eigenvalue weighted by Crippen LogP contribution is -2.14. The summed E-state index contributed by atoms with van der Waals surface area (Å²) >= 11 is 4.11. The van der Waals surface area contributed by atoms with E-state index in [0.29, 0.717) is 15.2 Å². The summed E-state index contributed by atoms with van der Waals surface area (Å²) in [5.74, 6) is 1.13. The van der Waals surface area contributed by atoms with Crippen LogP contribution in [0, 0.1) is 13.8 Å². The Morgan fingerprint density at radius 2 is 1.73 bits per heavy atom. The van der Waals surface area contributed by atoms with E-state index in [9.17, 15) is 9.59 Å². The third-order valence-corrected chi connectivity index (χ3v) is 6.97. The lowest BCUT2D eigenvalue weighted by molar-refractivity contribution is -0.114. The first-order valence-corrected chi connectivity index (χ1v) is 12.2. The summed E-state index contributed by atoms with van der Waals surface area (Å²) in [4.78, 5) is 24.3. The minimum absolute atomic E-state index is 0.105. The Morgan fingerprint density at radius 1 is 0.967 bits per heavy atom. The Kier molecular flexibility index (Phi) is 8.30. The van der Waals surface area contributed by atoms with Crippen molar-refractivity contribution in [2.45, 2.75) is 23.9 Å². The number of carbonyl (C=O) groups excluding carboxylic acids is 2. The maximum Gasteiger partial charge on any atom is 0.236 e. The summed E-state index contributed by atoms with van der Waals surface area (Å²) in [7, 11) is 0. The predicted octanol–water partition coefficient (Wildman–Crippen LogP) is 4.76. The van der Waals surface area contributed by atoms with E-state index in [0.717, 1.165) is 22.6 Å². The number of hydrogen-bond acceptors (Lipinski definition) is 7. The number of hydrogen-bond donors (Lipinski definition) is 2. The summed E-state index contributed by atoms with van der Waals surface area (Å²) in [5, 5.41) is 14.1. The van der Waals surface area contributed by atoms with E-state index in [1.807, 2.05) is 62.4 Å². The second-order valence-corrected chi connectivity index (χ2v) is 9.74. The molecule has 0 unspecified atom stereocenters. The molecule has 2 N–H and O–H groups in total. The van der Waals surface area contributed by atoms with Crippen LogP contribution in [0.1, 0.15) is 16.7 Å². The molecule has 0 saturated heterocycles. The highest BCUT2D eigenvalue weighted by atomic mass is 32.2. The molecule has 1 aromatic heterocycles. The van der Waals surface area contributed by atoms with E-state index in [1.54, 1.807) is 11.8 Å². The third-order valence-electron chi connectivity index (χ3n) is 3.99. The van der Waals surface area contributed by atoms with Crippen molar-refractivity contribution in [2.24, 2.45) is 0 Å². The Bertz CT molecular complexity index is 1010. The van der Waals surface area contributed by atoms with Crippen LogP contribution in [0.5, 0.6) is 0 Å². The summed E-state index contributed by atoms with van der Waals surface area (Å²) in [5.41, 5.74) is 4.11. The fourth-order valence-corrected chi connectivity index (χ4v) is 4.85. The lowest BCUT2D eigenvalue weighted by atomic mass is 10.1.